The van der Waals surface area contributed by atoms with E-state index < -0.39 is 41.4 Å². The molecule has 9 atom stereocenters. The second-order valence-corrected chi connectivity index (χ2v) is 14.7. The number of aliphatic hydroxyl groups is 1. The number of ether oxygens (including phenoxy) is 4. The molecule has 0 spiro atoms. The van der Waals surface area contributed by atoms with Gasteiger partial charge in [-0.3, -0.25) is 24.2 Å². The van der Waals surface area contributed by atoms with Gasteiger partial charge in [0.2, 0.25) is 5.91 Å². The van der Waals surface area contributed by atoms with Crippen molar-refractivity contribution in [3.63, 3.8) is 0 Å². The third-order valence-corrected chi connectivity index (χ3v) is 10.3. The van der Waals surface area contributed by atoms with E-state index in [-0.39, 0.29) is 42.4 Å². The Balaban J connectivity index is 1.92. The number of hydrogen-bond donors (Lipinski definition) is 1. The maximum absolute atomic E-state index is 14.2. The summed E-state index contributed by atoms with van der Waals surface area (Å²) >= 11 is 0. The van der Waals surface area contributed by atoms with Gasteiger partial charge in [-0.1, -0.05) is 13.8 Å². The normalized spacial score (nSPS) is 38.3. The van der Waals surface area contributed by atoms with Crippen LogP contribution < -0.4 is 0 Å². The number of rotatable bonds is 6. The molecule has 1 amide bonds. The van der Waals surface area contributed by atoms with Crippen molar-refractivity contribution >= 4 is 17.7 Å². The zero-order valence-corrected chi connectivity index (χ0v) is 29.6. The van der Waals surface area contributed by atoms with Crippen molar-refractivity contribution in [2.24, 2.45) is 17.3 Å². The number of methoxy groups -OCH3 is 1. The van der Waals surface area contributed by atoms with E-state index in [0.29, 0.717) is 39.0 Å². The van der Waals surface area contributed by atoms with Crippen molar-refractivity contribution in [1.82, 2.24) is 19.6 Å². The van der Waals surface area contributed by atoms with Crippen molar-refractivity contribution in [3.05, 3.63) is 0 Å². The van der Waals surface area contributed by atoms with Gasteiger partial charge in [-0.2, -0.15) is 0 Å². The number of hydrogen-bond acceptors (Lipinski definition) is 11. The molecule has 0 saturated carbocycles. The molecule has 3 aliphatic heterocycles. The van der Waals surface area contributed by atoms with Gasteiger partial charge >= 0.3 is 5.97 Å². The number of amides is 1. The lowest BCUT2D eigenvalue weighted by atomic mass is 9.74. The summed E-state index contributed by atoms with van der Waals surface area (Å²) in [5, 5.41) is 11.3. The monoisotopic (exact) mass is 640 g/mol. The molecule has 3 aliphatic rings. The molecule has 3 saturated heterocycles. The highest BCUT2D eigenvalue weighted by Crippen LogP contribution is 2.38. The van der Waals surface area contributed by atoms with Gasteiger partial charge in [-0.05, 0) is 67.6 Å². The molecule has 0 aliphatic carbocycles. The highest BCUT2D eigenvalue weighted by molar-refractivity contribution is 6.04. The zero-order valence-electron chi connectivity index (χ0n) is 29.6. The number of aliphatic hydroxyl groups excluding tert-OH is 1. The minimum atomic E-state index is -1.45. The predicted octanol–water partition coefficient (Wildman–Crippen LogP) is 1.48. The van der Waals surface area contributed by atoms with Crippen LogP contribution in [0.3, 0.4) is 0 Å². The number of nitrogens with zero attached hydrogens (tertiary/aromatic N) is 4. The van der Waals surface area contributed by atoms with E-state index in [1.54, 1.807) is 34.8 Å². The number of carbonyl (C=O) groups is 3. The maximum atomic E-state index is 14.2. The number of Topliss-reactive ketones (excluding diaryl/α,β-unsaturated/α-hetero) is 1. The number of likely N-dealkylation sites (N-methyl/N-ethyl adjacent to an activating group) is 2. The molecule has 0 aromatic rings. The molecule has 0 bridgehead atoms. The van der Waals surface area contributed by atoms with Crippen LogP contribution in [0, 0.1) is 17.3 Å². The largest absolute Gasteiger partial charge is 0.463 e. The Kier molecular flexibility index (Phi) is 13.0. The summed E-state index contributed by atoms with van der Waals surface area (Å²) in [6, 6.07) is -0.296. The summed E-state index contributed by atoms with van der Waals surface area (Å²) in [6.07, 6.45) is -1.70. The third-order valence-electron chi connectivity index (χ3n) is 10.3. The molecule has 3 fully saturated rings. The van der Waals surface area contributed by atoms with Gasteiger partial charge in [0, 0.05) is 65.3 Å². The second-order valence-electron chi connectivity index (χ2n) is 14.7. The van der Waals surface area contributed by atoms with Gasteiger partial charge in [0.15, 0.2) is 12.1 Å². The first-order chi connectivity index (χ1) is 20.9. The smallest absolute Gasteiger partial charge is 0.319 e. The van der Waals surface area contributed by atoms with E-state index in [4.69, 9.17) is 18.9 Å². The summed E-state index contributed by atoms with van der Waals surface area (Å²) in [6.45, 7) is 16.9. The number of piperazine rings is 1. The van der Waals surface area contributed by atoms with Crippen molar-refractivity contribution < 1.29 is 38.4 Å². The topological polar surface area (TPSA) is 121 Å². The summed E-state index contributed by atoms with van der Waals surface area (Å²) in [5.41, 5.74) is -2.39. The molecule has 0 aromatic heterocycles. The molecule has 3 heterocycles. The van der Waals surface area contributed by atoms with E-state index in [0.717, 1.165) is 13.1 Å². The second kappa shape index (κ2) is 15.5. The molecule has 260 valence electrons. The number of cyclic esters (lactones) is 1. The molecule has 12 heteroatoms. The van der Waals surface area contributed by atoms with Crippen LogP contribution in [-0.4, -0.2) is 159 Å². The number of ketones is 1. The van der Waals surface area contributed by atoms with Gasteiger partial charge < -0.3 is 33.9 Å². The number of carbonyl (C=O) groups excluding carboxylic acids is 3. The van der Waals surface area contributed by atoms with Gasteiger partial charge in [0.25, 0.3) is 0 Å². The Morgan fingerprint density at radius 1 is 1.09 bits per heavy atom. The predicted molar refractivity (Wildman–Crippen MR) is 171 cm³/mol. The first-order valence-electron chi connectivity index (χ1n) is 16.5. The third kappa shape index (κ3) is 9.03. The summed E-state index contributed by atoms with van der Waals surface area (Å²) in [4.78, 5) is 47.9. The highest BCUT2D eigenvalue weighted by Gasteiger charge is 2.51. The molecule has 12 nitrogen and oxygen atoms in total. The molecular formula is C33H60N4O8. The molecule has 0 radical (unpaired) electrons. The minimum Gasteiger partial charge on any atom is -0.463 e. The van der Waals surface area contributed by atoms with Crippen LogP contribution in [0.5, 0.6) is 0 Å². The van der Waals surface area contributed by atoms with Crippen LogP contribution in [0.2, 0.25) is 0 Å². The SMILES string of the molecule is CO[C@]1(C)C[C@@H](C)CN(C)[C@H](CN2CCN(C(C)=O)CC2)COC(=O)C(C)(C)C(=O)[C@H](C)[C@H]1O[C@@H]1O[C@H](C)C[C@H](N(C)C)[C@H]1O. The van der Waals surface area contributed by atoms with Crippen LogP contribution in [0.25, 0.3) is 0 Å². The summed E-state index contributed by atoms with van der Waals surface area (Å²) in [7, 11) is 7.48. The Bertz CT molecular complexity index is 1020. The fraction of sp³-hybridized carbons (Fsp3) is 0.909. The average molecular weight is 641 g/mol. The van der Waals surface area contributed by atoms with E-state index in [2.05, 4.69) is 16.7 Å². The first-order valence-corrected chi connectivity index (χ1v) is 16.5. The Morgan fingerprint density at radius 2 is 1.71 bits per heavy atom. The van der Waals surface area contributed by atoms with Crippen LogP contribution in [-0.2, 0) is 33.3 Å². The van der Waals surface area contributed by atoms with Crippen molar-refractivity contribution in [2.75, 3.05) is 74.1 Å². The quantitative estimate of drug-likeness (QED) is 0.336. The van der Waals surface area contributed by atoms with Crippen molar-refractivity contribution in [2.45, 2.75) is 104 Å². The molecular weight excluding hydrogens is 580 g/mol. The Labute approximate surface area is 270 Å². The molecule has 0 unspecified atom stereocenters. The standard InChI is InChI=1S/C33H60N4O8/c1-21-17-33(7,42-11)29(45-30-27(39)26(34(8)9)16-22(2)44-30)23(3)28(40)32(5,6)31(41)43-20-25(35(10)18-21)19-36-12-14-37(15-13-36)24(4)38/h21-23,25-27,29-30,39H,12-20H2,1-11H3/t21-,22-,23+,25-,26+,27-,29-,30+,33-/m1/s1. The van der Waals surface area contributed by atoms with Crippen LogP contribution in [0.15, 0.2) is 0 Å². The van der Waals surface area contributed by atoms with E-state index in [1.165, 1.54) is 0 Å². The van der Waals surface area contributed by atoms with E-state index in [9.17, 15) is 19.5 Å². The van der Waals surface area contributed by atoms with E-state index in [1.807, 2.05) is 44.8 Å². The summed E-state index contributed by atoms with van der Waals surface area (Å²) < 4.78 is 24.9. The molecule has 45 heavy (non-hydrogen) atoms. The van der Waals surface area contributed by atoms with Crippen LogP contribution in [0.1, 0.15) is 61.3 Å². The summed E-state index contributed by atoms with van der Waals surface area (Å²) in [5.74, 6) is -1.49. The van der Waals surface area contributed by atoms with Gasteiger partial charge in [0.05, 0.1) is 23.9 Å². The fourth-order valence-corrected chi connectivity index (χ4v) is 7.32. The van der Waals surface area contributed by atoms with Crippen molar-refractivity contribution in [1.29, 1.82) is 0 Å². The lowest BCUT2D eigenvalue weighted by Crippen LogP contribution is -2.59. The van der Waals surface area contributed by atoms with Gasteiger partial charge in [0.1, 0.15) is 18.1 Å². The number of esters is 1. The van der Waals surface area contributed by atoms with Crippen LogP contribution in [0.4, 0.5) is 0 Å². The Hall–Kier alpha value is -1.67. The lowest BCUT2D eigenvalue weighted by Gasteiger charge is -2.47. The Morgan fingerprint density at radius 3 is 2.27 bits per heavy atom. The molecule has 0 aromatic carbocycles. The molecule has 1 N–H and O–H groups in total. The zero-order chi connectivity index (χ0) is 33.9. The van der Waals surface area contributed by atoms with Gasteiger partial charge in [-0.25, -0.2) is 0 Å². The average Bonchev–Trinajstić information content (AvgIpc) is 2.97. The van der Waals surface area contributed by atoms with Crippen LogP contribution >= 0.6 is 0 Å². The van der Waals surface area contributed by atoms with Gasteiger partial charge in [-0.15, -0.1) is 0 Å². The fourth-order valence-electron chi connectivity index (χ4n) is 7.32. The maximum Gasteiger partial charge on any atom is 0.319 e. The first kappa shape index (κ1) is 37.8. The highest BCUT2D eigenvalue weighted by atomic mass is 16.7. The molecule has 3 rings (SSSR count). The lowest BCUT2D eigenvalue weighted by molar-refractivity contribution is -0.295. The van der Waals surface area contributed by atoms with E-state index >= 15 is 0 Å². The van der Waals surface area contributed by atoms with Crippen molar-refractivity contribution in [3.8, 4) is 0 Å². The minimum absolute atomic E-state index is 0.0813.